The van der Waals surface area contributed by atoms with Crippen LogP contribution in [0.3, 0.4) is 0 Å². The third-order valence-corrected chi connectivity index (χ3v) is 2.23. The lowest BCUT2D eigenvalue weighted by Crippen LogP contribution is -2.30. The van der Waals surface area contributed by atoms with Crippen LogP contribution in [0.5, 0.6) is 0 Å². The first-order chi connectivity index (χ1) is 5.72. The first kappa shape index (κ1) is 11.5. The highest BCUT2D eigenvalue weighted by molar-refractivity contribution is 5.67. The molecular weight excluding hydrogens is 152 g/mol. The summed E-state index contributed by atoms with van der Waals surface area (Å²) in [7, 11) is 0. The van der Waals surface area contributed by atoms with Crippen molar-refractivity contribution in [3.8, 4) is 0 Å². The van der Waals surface area contributed by atoms with Crippen molar-refractivity contribution < 1.29 is 9.90 Å². The Morgan fingerprint density at radius 3 is 2.33 bits per heavy atom. The fraction of sp³-hybridized carbons (Fsp3) is 0.900. The Kier molecular flexibility index (Phi) is 6.82. The molecule has 0 bridgehead atoms. The van der Waals surface area contributed by atoms with E-state index in [1.165, 1.54) is 12.8 Å². The smallest absolute Gasteiger partial charge is 0.0445 e. The van der Waals surface area contributed by atoms with E-state index in [0.717, 1.165) is 19.3 Å². The summed E-state index contributed by atoms with van der Waals surface area (Å²) in [5, 5.41) is 10.5. The van der Waals surface area contributed by atoms with Crippen molar-refractivity contribution in [2.75, 3.05) is 0 Å². The zero-order valence-electron chi connectivity index (χ0n) is 8.14. The van der Waals surface area contributed by atoms with E-state index in [-0.39, 0.29) is 5.92 Å². The minimum atomic E-state index is -0.881. The largest absolute Gasteiger partial charge is 0.550 e. The van der Waals surface area contributed by atoms with Crippen LogP contribution in [-0.2, 0) is 4.79 Å². The summed E-state index contributed by atoms with van der Waals surface area (Å²) >= 11 is 0. The van der Waals surface area contributed by atoms with Gasteiger partial charge in [-0.2, -0.15) is 0 Å². The fourth-order valence-corrected chi connectivity index (χ4v) is 1.31. The predicted molar refractivity (Wildman–Crippen MR) is 47.5 cm³/mol. The molecule has 0 aromatic heterocycles. The van der Waals surface area contributed by atoms with E-state index in [1.54, 1.807) is 0 Å². The molecule has 2 heteroatoms. The molecule has 1 unspecified atom stereocenters. The van der Waals surface area contributed by atoms with Crippen LogP contribution >= 0.6 is 0 Å². The van der Waals surface area contributed by atoms with E-state index < -0.39 is 5.97 Å². The molecule has 0 aliphatic heterocycles. The number of aliphatic carboxylic acids is 1. The fourth-order valence-electron chi connectivity index (χ4n) is 1.31. The molecule has 72 valence electrons. The zero-order valence-corrected chi connectivity index (χ0v) is 8.14. The maximum Gasteiger partial charge on any atom is 0.0445 e. The van der Waals surface area contributed by atoms with Gasteiger partial charge in [-0.05, 0) is 18.8 Å². The third kappa shape index (κ3) is 5.16. The number of rotatable bonds is 7. The lowest BCUT2D eigenvalue weighted by molar-refractivity contribution is -0.311. The van der Waals surface area contributed by atoms with Gasteiger partial charge in [-0.15, -0.1) is 0 Å². The number of hydrogen-bond acceptors (Lipinski definition) is 2. The summed E-state index contributed by atoms with van der Waals surface area (Å²) in [5.41, 5.74) is 0. The van der Waals surface area contributed by atoms with Gasteiger partial charge in [0.05, 0.1) is 0 Å². The third-order valence-electron chi connectivity index (χ3n) is 2.23. The van der Waals surface area contributed by atoms with Gasteiger partial charge in [0, 0.05) is 5.97 Å². The highest BCUT2D eigenvalue weighted by atomic mass is 16.4. The first-order valence-corrected chi connectivity index (χ1v) is 4.93. The number of carbonyl (C=O) groups is 1. The molecule has 1 atom stereocenters. The summed E-state index contributed by atoms with van der Waals surface area (Å²) in [4.78, 5) is 10.5. The van der Waals surface area contributed by atoms with Crippen LogP contribution in [0.15, 0.2) is 0 Å². The number of unbranched alkanes of at least 4 members (excludes halogenated alkanes) is 3. The molecule has 0 aromatic carbocycles. The van der Waals surface area contributed by atoms with Crippen LogP contribution in [-0.4, -0.2) is 5.97 Å². The Bertz CT molecular complexity index is 121. The molecule has 0 rings (SSSR count). The average Bonchev–Trinajstić information content (AvgIpc) is 2.04. The molecule has 0 radical (unpaired) electrons. The molecular formula is C10H19O2-. The van der Waals surface area contributed by atoms with Crippen molar-refractivity contribution in [1.82, 2.24) is 0 Å². The van der Waals surface area contributed by atoms with E-state index in [0.29, 0.717) is 6.42 Å². The molecule has 0 N–H and O–H groups in total. The van der Waals surface area contributed by atoms with Crippen molar-refractivity contribution >= 4 is 5.97 Å². The van der Waals surface area contributed by atoms with Gasteiger partial charge in [-0.25, -0.2) is 0 Å². The summed E-state index contributed by atoms with van der Waals surface area (Å²) in [5.74, 6) is -1.10. The summed E-state index contributed by atoms with van der Waals surface area (Å²) in [6.07, 6.45) is 6.08. The standard InChI is InChI=1S/C10H20O2/c1-3-5-6-7-8-9(4-2)10(11)12/h9H,3-8H2,1-2H3,(H,11,12)/p-1. The van der Waals surface area contributed by atoms with Crippen LogP contribution in [0, 0.1) is 5.92 Å². The molecule has 2 nitrogen and oxygen atoms in total. The molecule has 0 saturated heterocycles. The van der Waals surface area contributed by atoms with E-state index >= 15 is 0 Å². The van der Waals surface area contributed by atoms with Crippen molar-refractivity contribution in [1.29, 1.82) is 0 Å². The number of carboxylic acid groups (broad SMARTS) is 1. The van der Waals surface area contributed by atoms with Gasteiger partial charge in [-0.3, -0.25) is 0 Å². The Hall–Kier alpha value is -0.530. The van der Waals surface area contributed by atoms with E-state index in [9.17, 15) is 9.90 Å². The van der Waals surface area contributed by atoms with Gasteiger partial charge in [0.15, 0.2) is 0 Å². The van der Waals surface area contributed by atoms with Crippen LogP contribution in [0.25, 0.3) is 0 Å². The maximum atomic E-state index is 10.5. The van der Waals surface area contributed by atoms with Crippen LogP contribution in [0.2, 0.25) is 0 Å². The van der Waals surface area contributed by atoms with Gasteiger partial charge in [0.1, 0.15) is 0 Å². The zero-order chi connectivity index (χ0) is 9.40. The highest BCUT2D eigenvalue weighted by Gasteiger charge is 2.05. The summed E-state index contributed by atoms with van der Waals surface area (Å²) in [6.45, 7) is 4.05. The van der Waals surface area contributed by atoms with Gasteiger partial charge < -0.3 is 9.90 Å². The summed E-state index contributed by atoms with van der Waals surface area (Å²) < 4.78 is 0. The monoisotopic (exact) mass is 171 g/mol. The topological polar surface area (TPSA) is 40.1 Å². The normalized spacial score (nSPS) is 12.8. The second-order valence-corrected chi connectivity index (χ2v) is 3.27. The van der Waals surface area contributed by atoms with E-state index in [1.807, 2.05) is 6.92 Å². The quantitative estimate of drug-likeness (QED) is 0.547. The number of carbonyl (C=O) groups excluding carboxylic acids is 1. The second kappa shape index (κ2) is 7.14. The predicted octanol–water partition coefficient (Wildman–Crippen LogP) is 1.73. The highest BCUT2D eigenvalue weighted by Crippen LogP contribution is 2.13. The van der Waals surface area contributed by atoms with Gasteiger partial charge >= 0.3 is 0 Å². The van der Waals surface area contributed by atoms with E-state index in [4.69, 9.17) is 0 Å². The SMILES string of the molecule is CCCCCCC(CC)C(=O)[O-]. The molecule has 0 fully saturated rings. The molecule has 0 aliphatic carbocycles. The Morgan fingerprint density at radius 1 is 1.25 bits per heavy atom. The first-order valence-electron chi connectivity index (χ1n) is 4.93. The minimum Gasteiger partial charge on any atom is -0.550 e. The van der Waals surface area contributed by atoms with Crippen molar-refractivity contribution in [2.45, 2.75) is 52.4 Å². The Labute approximate surface area is 75.0 Å². The number of hydrogen-bond donors (Lipinski definition) is 0. The Balaban J connectivity index is 3.38. The maximum absolute atomic E-state index is 10.5. The Morgan fingerprint density at radius 2 is 1.92 bits per heavy atom. The lowest BCUT2D eigenvalue weighted by Gasteiger charge is -2.14. The minimum absolute atomic E-state index is 0.221. The molecule has 0 heterocycles. The van der Waals surface area contributed by atoms with Crippen LogP contribution < -0.4 is 5.11 Å². The molecule has 0 amide bonds. The summed E-state index contributed by atoms with van der Waals surface area (Å²) in [6, 6.07) is 0. The van der Waals surface area contributed by atoms with Gasteiger partial charge in [-0.1, -0.05) is 39.5 Å². The lowest BCUT2D eigenvalue weighted by atomic mass is 9.99. The van der Waals surface area contributed by atoms with E-state index in [2.05, 4.69) is 6.92 Å². The molecule has 0 spiro atoms. The van der Waals surface area contributed by atoms with Crippen molar-refractivity contribution in [3.63, 3.8) is 0 Å². The molecule has 12 heavy (non-hydrogen) atoms. The molecule has 0 saturated carbocycles. The molecule has 0 aliphatic rings. The van der Waals surface area contributed by atoms with Crippen LogP contribution in [0.4, 0.5) is 0 Å². The second-order valence-electron chi connectivity index (χ2n) is 3.27. The van der Waals surface area contributed by atoms with Crippen molar-refractivity contribution in [2.24, 2.45) is 5.92 Å². The van der Waals surface area contributed by atoms with Gasteiger partial charge in [0.2, 0.25) is 0 Å². The van der Waals surface area contributed by atoms with Crippen molar-refractivity contribution in [3.05, 3.63) is 0 Å². The van der Waals surface area contributed by atoms with Gasteiger partial charge in [0.25, 0.3) is 0 Å². The average molecular weight is 171 g/mol. The van der Waals surface area contributed by atoms with Crippen LogP contribution in [0.1, 0.15) is 52.4 Å². The molecule has 0 aromatic rings. The number of carboxylic acids is 1.